The maximum atomic E-state index is 10.9. The van der Waals surface area contributed by atoms with Gasteiger partial charge in [-0.1, -0.05) is 0 Å². The second-order valence-electron chi connectivity index (χ2n) is 3.40. The molecule has 0 bridgehead atoms. The van der Waals surface area contributed by atoms with Crippen LogP contribution in [0.15, 0.2) is 42.7 Å². The summed E-state index contributed by atoms with van der Waals surface area (Å²) in [7, 11) is 0. The normalized spacial score (nSPS) is 9.88. The van der Waals surface area contributed by atoms with Crippen molar-refractivity contribution in [3.8, 4) is 5.75 Å². The molecule has 1 aromatic carbocycles. The Morgan fingerprint density at radius 2 is 1.88 bits per heavy atom. The molecule has 1 aromatic heterocycles. The van der Waals surface area contributed by atoms with Crippen LogP contribution in [0, 0.1) is 0 Å². The van der Waals surface area contributed by atoms with Crippen molar-refractivity contribution in [3.05, 3.63) is 48.3 Å². The predicted molar refractivity (Wildman–Crippen MR) is 62.6 cm³/mol. The summed E-state index contributed by atoms with van der Waals surface area (Å²) in [6.45, 7) is 0. The van der Waals surface area contributed by atoms with Crippen molar-refractivity contribution >= 4 is 17.3 Å². The van der Waals surface area contributed by atoms with E-state index in [0.29, 0.717) is 11.4 Å². The number of rotatable bonds is 3. The Kier molecular flexibility index (Phi) is 2.91. The second kappa shape index (κ2) is 4.52. The Hall–Kier alpha value is -2.56. The smallest absolute Gasteiger partial charge is 0.339 e. The van der Waals surface area contributed by atoms with Gasteiger partial charge in [-0.3, -0.25) is 4.98 Å². The summed E-state index contributed by atoms with van der Waals surface area (Å²) in [4.78, 5) is 14.7. The van der Waals surface area contributed by atoms with Gasteiger partial charge < -0.3 is 15.5 Å². The van der Waals surface area contributed by atoms with Crippen LogP contribution in [-0.2, 0) is 0 Å². The van der Waals surface area contributed by atoms with Gasteiger partial charge in [0.05, 0.1) is 5.69 Å². The minimum atomic E-state index is -1.04. The van der Waals surface area contributed by atoms with Gasteiger partial charge in [0.1, 0.15) is 11.3 Å². The fourth-order valence-corrected chi connectivity index (χ4v) is 1.37. The molecule has 2 aromatic rings. The fraction of sp³-hybridized carbons (Fsp3) is 0. The summed E-state index contributed by atoms with van der Waals surface area (Å²) in [6.07, 6.45) is 2.79. The average molecular weight is 230 g/mol. The zero-order valence-corrected chi connectivity index (χ0v) is 8.79. The third-order valence-corrected chi connectivity index (χ3v) is 2.20. The molecular weight excluding hydrogens is 220 g/mol. The third kappa shape index (κ3) is 2.52. The molecule has 0 aliphatic rings. The standard InChI is InChI=1S/C12H10N2O3/c15-9-3-1-8(2-4-9)14-11-5-6-13-7-10(11)12(16)17/h1-7,15H,(H,13,14)(H,16,17). The maximum absolute atomic E-state index is 10.9. The van der Waals surface area contributed by atoms with Gasteiger partial charge in [0, 0.05) is 18.1 Å². The van der Waals surface area contributed by atoms with Gasteiger partial charge in [-0.15, -0.1) is 0 Å². The highest BCUT2D eigenvalue weighted by Gasteiger charge is 2.09. The number of nitrogens with zero attached hydrogens (tertiary/aromatic N) is 1. The Labute approximate surface area is 97.4 Å². The molecule has 0 atom stereocenters. The van der Waals surface area contributed by atoms with Crippen LogP contribution in [0.2, 0.25) is 0 Å². The van der Waals surface area contributed by atoms with Gasteiger partial charge in [0.2, 0.25) is 0 Å². The molecule has 0 radical (unpaired) electrons. The van der Waals surface area contributed by atoms with Crippen LogP contribution in [0.3, 0.4) is 0 Å². The molecule has 5 heteroatoms. The van der Waals surface area contributed by atoms with E-state index < -0.39 is 5.97 Å². The van der Waals surface area contributed by atoms with Crippen LogP contribution in [0.25, 0.3) is 0 Å². The molecule has 0 amide bonds. The van der Waals surface area contributed by atoms with Gasteiger partial charge in [-0.2, -0.15) is 0 Å². The van der Waals surface area contributed by atoms with E-state index in [1.165, 1.54) is 24.5 Å². The summed E-state index contributed by atoms with van der Waals surface area (Å²) >= 11 is 0. The summed E-state index contributed by atoms with van der Waals surface area (Å²) in [5, 5.41) is 21.1. The summed E-state index contributed by atoms with van der Waals surface area (Å²) in [6, 6.07) is 7.92. The minimum Gasteiger partial charge on any atom is -0.508 e. The van der Waals surface area contributed by atoms with Crippen LogP contribution in [-0.4, -0.2) is 21.2 Å². The van der Waals surface area contributed by atoms with Crippen LogP contribution in [0.5, 0.6) is 5.75 Å². The van der Waals surface area contributed by atoms with E-state index in [2.05, 4.69) is 10.3 Å². The second-order valence-corrected chi connectivity index (χ2v) is 3.40. The number of pyridine rings is 1. The number of hydrogen-bond donors (Lipinski definition) is 3. The molecule has 17 heavy (non-hydrogen) atoms. The summed E-state index contributed by atoms with van der Waals surface area (Å²) in [5.41, 5.74) is 1.25. The Balaban J connectivity index is 2.30. The van der Waals surface area contributed by atoms with E-state index in [9.17, 15) is 4.79 Å². The number of phenolic OH excluding ortho intramolecular Hbond substituents is 1. The van der Waals surface area contributed by atoms with E-state index in [1.54, 1.807) is 18.2 Å². The predicted octanol–water partition coefficient (Wildman–Crippen LogP) is 2.23. The van der Waals surface area contributed by atoms with Gasteiger partial charge in [-0.05, 0) is 30.3 Å². The van der Waals surface area contributed by atoms with Crippen LogP contribution in [0.1, 0.15) is 10.4 Å². The van der Waals surface area contributed by atoms with Crippen LogP contribution < -0.4 is 5.32 Å². The maximum Gasteiger partial charge on any atom is 0.339 e. The average Bonchev–Trinajstić information content (AvgIpc) is 2.32. The van der Waals surface area contributed by atoms with E-state index in [4.69, 9.17) is 10.2 Å². The molecule has 0 aliphatic heterocycles. The molecule has 0 spiro atoms. The first-order chi connectivity index (χ1) is 8.16. The minimum absolute atomic E-state index is 0.0978. The lowest BCUT2D eigenvalue weighted by atomic mass is 10.2. The number of carbonyl (C=O) groups is 1. The number of nitrogens with one attached hydrogen (secondary N) is 1. The van der Waals surface area contributed by atoms with Crippen molar-refractivity contribution in [2.75, 3.05) is 5.32 Å². The molecule has 0 aliphatic carbocycles. The molecule has 0 unspecified atom stereocenters. The number of carboxylic acids is 1. The van der Waals surface area contributed by atoms with E-state index in [1.807, 2.05) is 0 Å². The van der Waals surface area contributed by atoms with Gasteiger partial charge in [0.25, 0.3) is 0 Å². The lowest BCUT2D eigenvalue weighted by molar-refractivity contribution is 0.0697. The SMILES string of the molecule is O=C(O)c1cnccc1Nc1ccc(O)cc1. The molecule has 86 valence electrons. The first kappa shape index (κ1) is 10.9. The molecule has 1 heterocycles. The first-order valence-electron chi connectivity index (χ1n) is 4.90. The molecule has 0 saturated carbocycles. The number of benzene rings is 1. The van der Waals surface area contributed by atoms with Crippen molar-refractivity contribution in [1.29, 1.82) is 0 Å². The zero-order valence-electron chi connectivity index (χ0n) is 8.79. The van der Waals surface area contributed by atoms with Crippen molar-refractivity contribution in [2.45, 2.75) is 0 Å². The van der Waals surface area contributed by atoms with Gasteiger partial charge in [-0.25, -0.2) is 4.79 Å². The van der Waals surface area contributed by atoms with E-state index in [0.717, 1.165) is 0 Å². The molecule has 0 saturated heterocycles. The molecule has 2 rings (SSSR count). The van der Waals surface area contributed by atoms with Crippen molar-refractivity contribution in [3.63, 3.8) is 0 Å². The number of aromatic carboxylic acids is 1. The molecule has 0 fully saturated rings. The lowest BCUT2D eigenvalue weighted by Gasteiger charge is -2.08. The molecule has 5 nitrogen and oxygen atoms in total. The Bertz CT molecular complexity index is 538. The van der Waals surface area contributed by atoms with Gasteiger partial charge >= 0.3 is 5.97 Å². The number of hydrogen-bond acceptors (Lipinski definition) is 4. The van der Waals surface area contributed by atoms with E-state index in [-0.39, 0.29) is 11.3 Å². The van der Waals surface area contributed by atoms with Crippen LogP contribution >= 0.6 is 0 Å². The fourth-order valence-electron chi connectivity index (χ4n) is 1.37. The number of anilines is 2. The number of phenols is 1. The Morgan fingerprint density at radius 3 is 2.53 bits per heavy atom. The van der Waals surface area contributed by atoms with Crippen molar-refractivity contribution < 1.29 is 15.0 Å². The molecular formula is C12H10N2O3. The molecule has 3 N–H and O–H groups in total. The van der Waals surface area contributed by atoms with Crippen molar-refractivity contribution in [2.24, 2.45) is 0 Å². The number of carboxylic acid groups (broad SMARTS) is 1. The van der Waals surface area contributed by atoms with Crippen molar-refractivity contribution in [1.82, 2.24) is 4.98 Å². The first-order valence-corrected chi connectivity index (χ1v) is 4.90. The third-order valence-electron chi connectivity index (χ3n) is 2.20. The summed E-state index contributed by atoms with van der Waals surface area (Å²) < 4.78 is 0. The quantitative estimate of drug-likeness (QED) is 0.704. The highest BCUT2D eigenvalue weighted by Crippen LogP contribution is 2.21. The highest BCUT2D eigenvalue weighted by atomic mass is 16.4. The zero-order chi connectivity index (χ0) is 12.3. The van der Waals surface area contributed by atoms with Gasteiger partial charge in [0.15, 0.2) is 0 Å². The van der Waals surface area contributed by atoms with Crippen LogP contribution in [0.4, 0.5) is 11.4 Å². The monoisotopic (exact) mass is 230 g/mol. The number of aromatic nitrogens is 1. The lowest BCUT2D eigenvalue weighted by Crippen LogP contribution is -2.03. The highest BCUT2D eigenvalue weighted by molar-refractivity contribution is 5.94. The summed E-state index contributed by atoms with van der Waals surface area (Å²) in [5.74, 6) is -0.886. The largest absolute Gasteiger partial charge is 0.508 e. The van der Waals surface area contributed by atoms with E-state index >= 15 is 0 Å². The topological polar surface area (TPSA) is 82.5 Å². The number of aromatic hydroxyl groups is 1. The Morgan fingerprint density at radius 1 is 1.18 bits per heavy atom.